The molecule has 1 fully saturated rings. The molecule has 1 aromatic heterocycles. The van der Waals surface area contributed by atoms with Crippen LogP contribution in [0.4, 0.5) is 0 Å². The summed E-state index contributed by atoms with van der Waals surface area (Å²) in [4.78, 5) is 30.5. The lowest BCUT2D eigenvalue weighted by molar-refractivity contribution is -0.132. The molecule has 2 aliphatic rings. The number of likely N-dealkylation sites (N-methyl/N-ethyl adjacent to an activating group) is 1. The summed E-state index contributed by atoms with van der Waals surface area (Å²) >= 11 is 1.62. The van der Waals surface area contributed by atoms with Crippen LogP contribution in [0.5, 0.6) is 0 Å². The molecule has 2 heterocycles. The SMILES string of the molecule is CN(CC(=O)N1CCNCC1)C(=O)c1cc2c(s1)CCCCC2.Cl. The van der Waals surface area contributed by atoms with Gasteiger partial charge in [0.1, 0.15) is 0 Å². The molecule has 134 valence electrons. The molecule has 2 amide bonds. The van der Waals surface area contributed by atoms with Crippen molar-refractivity contribution in [3.05, 3.63) is 21.4 Å². The molecule has 0 atom stereocenters. The van der Waals surface area contributed by atoms with E-state index in [9.17, 15) is 9.59 Å². The molecule has 0 bridgehead atoms. The van der Waals surface area contributed by atoms with Gasteiger partial charge in [0.05, 0.1) is 11.4 Å². The summed E-state index contributed by atoms with van der Waals surface area (Å²) in [5.74, 6) is 0.0204. The Bertz CT molecular complexity index is 561. The zero-order chi connectivity index (χ0) is 16.2. The van der Waals surface area contributed by atoms with Gasteiger partial charge in [-0.05, 0) is 37.3 Å². The van der Waals surface area contributed by atoms with Crippen LogP contribution >= 0.6 is 23.7 Å². The number of halogens is 1. The molecule has 1 saturated heterocycles. The second-order valence-electron chi connectivity index (χ2n) is 6.41. The van der Waals surface area contributed by atoms with Crippen LogP contribution in [0, 0.1) is 0 Å². The third-order valence-electron chi connectivity index (χ3n) is 4.65. The van der Waals surface area contributed by atoms with Crippen molar-refractivity contribution < 1.29 is 9.59 Å². The number of thiophene rings is 1. The standard InChI is InChI=1S/C17H25N3O2S.ClH/c1-19(12-16(21)20-9-7-18-8-10-20)17(22)15-11-13-5-3-2-4-6-14(13)23-15;/h11,18H,2-10,12H2,1H3;1H. The Morgan fingerprint density at radius 1 is 1.21 bits per heavy atom. The van der Waals surface area contributed by atoms with Gasteiger partial charge in [0.15, 0.2) is 0 Å². The second-order valence-corrected chi connectivity index (χ2v) is 7.55. The maximum absolute atomic E-state index is 12.6. The fraction of sp³-hybridized carbons (Fsp3) is 0.647. The average Bonchev–Trinajstić information content (AvgIpc) is 2.85. The van der Waals surface area contributed by atoms with Gasteiger partial charge in [-0.15, -0.1) is 23.7 Å². The highest BCUT2D eigenvalue weighted by Gasteiger charge is 2.23. The number of hydrogen-bond donors (Lipinski definition) is 1. The van der Waals surface area contributed by atoms with Gasteiger partial charge in [-0.3, -0.25) is 9.59 Å². The first-order valence-electron chi connectivity index (χ1n) is 8.50. The quantitative estimate of drug-likeness (QED) is 0.826. The molecule has 0 radical (unpaired) electrons. The van der Waals surface area contributed by atoms with E-state index in [1.807, 2.05) is 4.90 Å². The largest absolute Gasteiger partial charge is 0.339 e. The average molecular weight is 372 g/mol. The van der Waals surface area contributed by atoms with Gasteiger partial charge in [-0.1, -0.05) is 6.42 Å². The summed E-state index contributed by atoms with van der Waals surface area (Å²) in [6.45, 7) is 3.30. The molecule has 0 unspecified atom stereocenters. The lowest BCUT2D eigenvalue weighted by atomic mass is 10.1. The summed E-state index contributed by atoms with van der Waals surface area (Å²) in [7, 11) is 1.73. The smallest absolute Gasteiger partial charge is 0.264 e. The fourth-order valence-electron chi connectivity index (χ4n) is 3.25. The Kier molecular flexibility index (Phi) is 7.07. The Balaban J connectivity index is 0.00000208. The van der Waals surface area contributed by atoms with Crippen LogP contribution in [0.3, 0.4) is 0 Å². The molecule has 5 nitrogen and oxygen atoms in total. The van der Waals surface area contributed by atoms with Crippen molar-refractivity contribution in [1.29, 1.82) is 0 Å². The molecule has 7 heteroatoms. The number of aryl methyl sites for hydroxylation is 2. The number of carbonyl (C=O) groups is 2. The topological polar surface area (TPSA) is 52.7 Å². The van der Waals surface area contributed by atoms with Crippen LogP contribution in [0.2, 0.25) is 0 Å². The number of hydrogen-bond acceptors (Lipinski definition) is 4. The summed E-state index contributed by atoms with van der Waals surface area (Å²) in [6, 6.07) is 2.06. The van der Waals surface area contributed by atoms with Gasteiger partial charge in [-0.2, -0.15) is 0 Å². The monoisotopic (exact) mass is 371 g/mol. The predicted octanol–water partition coefficient (Wildman–Crippen LogP) is 1.94. The zero-order valence-electron chi connectivity index (χ0n) is 14.2. The molecular weight excluding hydrogens is 346 g/mol. The van der Waals surface area contributed by atoms with Crippen LogP contribution in [0.1, 0.15) is 39.4 Å². The van der Waals surface area contributed by atoms with Crippen LogP contribution in [-0.2, 0) is 17.6 Å². The first-order valence-corrected chi connectivity index (χ1v) is 9.32. The lowest BCUT2D eigenvalue weighted by Crippen LogP contribution is -2.49. The van der Waals surface area contributed by atoms with Crippen LogP contribution in [0.25, 0.3) is 0 Å². The van der Waals surface area contributed by atoms with E-state index in [1.165, 1.54) is 29.7 Å². The van der Waals surface area contributed by atoms with Gasteiger partial charge >= 0.3 is 0 Å². The normalized spacial score (nSPS) is 17.5. The van der Waals surface area contributed by atoms with E-state index in [1.54, 1.807) is 23.3 Å². The fourth-order valence-corrected chi connectivity index (χ4v) is 4.50. The van der Waals surface area contributed by atoms with Crippen molar-refractivity contribution in [3.63, 3.8) is 0 Å². The molecule has 0 saturated carbocycles. The third kappa shape index (κ3) is 4.49. The lowest BCUT2D eigenvalue weighted by Gasteiger charge is -2.29. The van der Waals surface area contributed by atoms with Gasteiger partial charge in [0.25, 0.3) is 5.91 Å². The molecule has 1 aromatic rings. The van der Waals surface area contributed by atoms with Crippen LogP contribution in [0.15, 0.2) is 6.07 Å². The van der Waals surface area contributed by atoms with E-state index in [0.717, 1.165) is 43.9 Å². The number of rotatable bonds is 3. The van der Waals surface area contributed by atoms with Gasteiger partial charge in [0.2, 0.25) is 5.91 Å². The molecular formula is C17H26ClN3O2S. The van der Waals surface area contributed by atoms with Crippen molar-refractivity contribution >= 4 is 35.6 Å². The Hall–Kier alpha value is -1.11. The van der Waals surface area contributed by atoms with Gasteiger partial charge < -0.3 is 15.1 Å². The minimum Gasteiger partial charge on any atom is -0.339 e. The number of nitrogens with one attached hydrogen (secondary N) is 1. The van der Waals surface area contributed by atoms with E-state index in [-0.39, 0.29) is 30.8 Å². The van der Waals surface area contributed by atoms with Crippen molar-refractivity contribution in [1.82, 2.24) is 15.1 Å². The van der Waals surface area contributed by atoms with Crippen molar-refractivity contribution in [3.8, 4) is 0 Å². The number of nitrogens with zero attached hydrogens (tertiary/aromatic N) is 2. The third-order valence-corrected chi connectivity index (χ3v) is 5.87. The minimum absolute atomic E-state index is 0. The molecule has 24 heavy (non-hydrogen) atoms. The predicted molar refractivity (Wildman–Crippen MR) is 99.2 cm³/mol. The van der Waals surface area contributed by atoms with Gasteiger partial charge in [0, 0.05) is 38.1 Å². The van der Waals surface area contributed by atoms with Crippen LogP contribution in [-0.4, -0.2) is 61.4 Å². The number of carbonyl (C=O) groups excluding carboxylic acids is 2. The second kappa shape index (κ2) is 8.83. The Morgan fingerprint density at radius 3 is 2.67 bits per heavy atom. The molecule has 0 aromatic carbocycles. The van der Waals surface area contributed by atoms with E-state index in [0.29, 0.717) is 0 Å². The number of fused-ring (bicyclic) bond motifs is 1. The Labute approximate surface area is 153 Å². The molecule has 1 N–H and O–H groups in total. The molecule has 3 rings (SSSR count). The molecule has 1 aliphatic carbocycles. The maximum Gasteiger partial charge on any atom is 0.264 e. The Morgan fingerprint density at radius 2 is 1.92 bits per heavy atom. The van der Waals surface area contributed by atoms with E-state index >= 15 is 0 Å². The van der Waals surface area contributed by atoms with Crippen molar-refractivity contribution in [2.24, 2.45) is 0 Å². The number of amides is 2. The van der Waals surface area contributed by atoms with Crippen molar-refractivity contribution in [2.75, 3.05) is 39.8 Å². The van der Waals surface area contributed by atoms with E-state index in [4.69, 9.17) is 0 Å². The molecule has 0 spiro atoms. The highest BCUT2D eigenvalue weighted by Crippen LogP contribution is 2.29. The van der Waals surface area contributed by atoms with Crippen LogP contribution < -0.4 is 5.32 Å². The number of piperazine rings is 1. The first kappa shape index (κ1) is 19.2. The molecule has 1 aliphatic heterocycles. The van der Waals surface area contributed by atoms with Crippen molar-refractivity contribution in [2.45, 2.75) is 32.1 Å². The van der Waals surface area contributed by atoms with E-state index < -0.39 is 0 Å². The highest BCUT2D eigenvalue weighted by molar-refractivity contribution is 7.14. The van der Waals surface area contributed by atoms with Gasteiger partial charge in [-0.25, -0.2) is 0 Å². The van der Waals surface area contributed by atoms with E-state index in [2.05, 4.69) is 11.4 Å². The summed E-state index contributed by atoms with van der Waals surface area (Å²) in [5, 5.41) is 3.23. The minimum atomic E-state index is -0.0217. The zero-order valence-corrected chi connectivity index (χ0v) is 15.8. The summed E-state index contributed by atoms with van der Waals surface area (Å²) < 4.78 is 0. The maximum atomic E-state index is 12.6. The summed E-state index contributed by atoms with van der Waals surface area (Å²) in [5.41, 5.74) is 1.35. The summed E-state index contributed by atoms with van der Waals surface area (Å²) in [6.07, 6.45) is 5.90. The first-order chi connectivity index (χ1) is 11.1. The highest BCUT2D eigenvalue weighted by atomic mass is 35.5.